The van der Waals surface area contributed by atoms with Gasteiger partial charge in [-0.1, -0.05) is 12.1 Å². The van der Waals surface area contributed by atoms with Gasteiger partial charge in [0.1, 0.15) is 4.90 Å². The zero-order valence-corrected chi connectivity index (χ0v) is 12.0. The highest BCUT2D eigenvalue weighted by Crippen LogP contribution is 2.22. The number of benzene rings is 1. The molecule has 10 heteroatoms. The molecule has 0 aliphatic heterocycles. The van der Waals surface area contributed by atoms with Gasteiger partial charge in [0.15, 0.2) is 5.03 Å². The van der Waals surface area contributed by atoms with Gasteiger partial charge in [0.25, 0.3) is 10.0 Å². The maximum atomic E-state index is 12.1. The van der Waals surface area contributed by atoms with Gasteiger partial charge in [0.05, 0.1) is 12.0 Å². The predicted molar refractivity (Wildman–Crippen MR) is 71.8 cm³/mol. The highest BCUT2D eigenvalue weighted by atomic mass is 32.2. The van der Waals surface area contributed by atoms with Gasteiger partial charge in [0.2, 0.25) is 10.0 Å². The van der Waals surface area contributed by atoms with Crippen LogP contribution in [0.1, 0.15) is 0 Å². The van der Waals surface area contributed by atoms with E-state index in [2.05, 4.69) is 9.71 Å². The summed E-state index contributed by atoms with van der Waals surface area (Å²) in [6.07, 6.45) is 2.61. The standard InChI is InChI=1S/C10H12N4O4S2/c1-14-6-10(12-7-14)20(17,18)13-8-4-2-3-5-9(8)19(11,15)16/h2-7,13H,1H3,(H2,11,15,16). The van der Waals surface area contributed by atoms with Crippen molar-refractivity contribution in [3.63, 3.8) is 0 Å². The topological polar surface area (TPSA) is 124 Å². The quantitative estimate of drug-likeness (QED) is 0.813. The van der Waals surface area contributed by atoms with Gasteiger partial charge < -0.3 is 4.57 Å². The first-order chi connectivity index (χ1) is 9.20. The molecule has 0 radical (unpaired) electrons. The average Bonchev–Trinajstić information content (AvgIpc) is 2.75. The largest absolute Gasteiger partial charge is 0.339 e. The van der Waals surface area contributed by atoms with E-state index in [9.17, 15) is 16.8 Å². The summed E-state index contributed by atoms with van der Waals surface area (Å²) in [5.74, 6) is 0. The lowest BCUT2D eigenvalue weighted by molar-refractivity contribution is 0.597. The number of sulfonamides is 2. The van der Waals surface area contributed by atoms with Crippen LogP contribution in [0.15, 0.2) is 46.7 Å². The lowest BCUT2D eigenvalue weighted by Crippen LogP contribution is -2.19. The van der Waals surface area contributed by atoms with E-state index in [0.29, 0.717) is 0 Å². The van der Waals surface area contributed by atoms with Crippen LogP contribution in [0.3, 0.4) is 0 Å². The number of rotatable bonds is 4. The van der Waals surface area contributed by atoms with Crippen molar-refractivity contribution in [2.45, 2.75) is 9.92 Å². The Bertz CT molecular complexity index is 840. The first-order valence-corrected chi connectivity index (χ1v) is 8.36. The summed E-state index contributed by atoms with van der Waals surface area (Å²) in [5.41, 5.74) is -0.124. The molecule has 0 aliphatic carbocycles. The van der Waals surface area contributed by atoms with Gasteiger partial charge in [-0.3, -0.25) is 4.72 Å². The van der Waals surface area contributed by atoms with Gasteiger partial charge in [-0.05, 0) is 12.1 Å². The maximum absolute atomic E-state index is 12.1. The highest BCUT2D eigenvalue weighted by Gasteiger charge is 2.21. The number of nitrogens with one attached hydrogen (secondary N) is 1. The third kappa shape index (κ3) is 2.98. The Hall–Kier alpha value is -1.91. The lowest BCUT2D eigenvalue weighted by atomic mass is 10.3. The molecule has 0 saturated heterocycles. The van der Waals surface area contributed by atoms with Crippen molar-refractivity contribution >= 4 is 25.7 Å². The Morgan fingerprint density at radius 3 is 2.40 bits per heavy atom. The molecule has 0 bridgehead atoms. The minimum atomic E-state index is -4.04. The van der Waals surface area contributed by atoms with Crippen LogP contribution in [0.25, 0.3) is 0 Å². The smallest absolute Gasteiger partial charge is 0.280 e. The van der Waals surface area contributed by atoms with Crippen LogP contribution < -0.4 is 9.86 Å². The number of nitrogens with zero attached hydrogens (tertiary/aromatic N) is 2. The molecule has 20 heavy (non-hydrogen) atoms. The molecule has 0 fully saturated rings. The molecular formula is C10H12N4O4S2. The van der Waals surface area contributed by atoms with Gasteiger partial charge >= 0.3 is 0 Å². The first kappa shape index (κ1) is 14.5. The van der Waals surface area contributed by atoms with E-state index in [1.807, 2.05) is 0 Å². The van der Waals surface area contributed by atoms with E-state index < -0.39 is 20.0 Å². The zero-order valence-electron chi connectivity index (χ0n) is 10.4. The molecule has 108 valence electrons. The molecule has 3 N–H and O–H groups in total. The molecule has 8 nitrogen and oxygen atoms in total. The van der Waals surface area contributed by atoms with Crippen LogP contribution in [0.2, 0.25) is 0 Å². The molecule has 0 spiro atoms. The monoisotopic (exact) mass is 316 g/mol. The van der Waals surface area contributed by atoms with E-state index in [1.165, 1.54) is 41.4 Å². The van der Waals surface area contributed by atoms with Crippen molar-refractivity contribution in [1.82, 2.24) is 9.55 Å². The number of primary sulfonamides is 1. The number of aryl methyl sites for hydroxylation is 1. The van der Waals surface area contributed by atoms with Crippen molar-refractivity contribution < 1.29 is 16.8 Å². The molecule has 2 aromatic rings. The highest BCUT2D eigenvalue weighted by molar-refractivity contribution is 7.93. The van der Waals surface area contributed by atoms with Crippen LogP contribution >= 0.6 is 0 Å². The zero-order chi connectivity index (χ0) is 15.0. The summed E-state index contributed by atoms with van der Waals surface area (Å²) in [7, 11) is -6.40. The number of para-hydroxylation sites is 1. The van der Waals surface area contributed by atoms with Gasteiger partial charge in [-0.2, -0.15) is 8.42 Å². The SMILES string of the molecule is Cn1cnc(S(=O)(=O)Nc2ccccc2S(N)(=O)=O)c1. The summed E-state index contributed by atoms with van der Waals surface area (Å²) < 4.78 is 50.6. The fourth-order valence-corrected chi connectivity index (χ4v) is 3.35. The normalized spacial score (nSPS) is 12.3. The van der Waals surface area contributed by atoms with Crippen LogP contribution in [0.4, 0.5) is 5.69 Å². The van der Waals surface area contributed by atoms with Crippen molar-refractivity contribution in [3.05, 3.63) is 36.8 Å². The fourth-order valence-electron chi connectivity index (χ4n) is 1.52. The molecular weight excluding hydrogens is 304 g/mol. The van der Waals surface area contributed by atoms with Crippen molar-refractivity contribution in [2.75, 3.05) is 4.72 Å². The third-order valence-corrected chi connectivity index (χ3v) is 4.61. The lowest BCUT2D eigenvalue weighted by Gasteiger charge is -2.09. The second kappa shape index (κ2) is 4.89. The van der Waals surface area contributed by atoms with Gasteiger partial charge in [-0.15, -0.1) is 0 Å². The van der Waals surface area contributed by atoms with Crippen LogP contribution in [0.5, 0.6) is 0 Å². The van der Waals surface area contributed by atoms with Crippen molar-refractivity contribution in [2.24, 2.45) is 12.2 Å². The van der Waals surface area contributed by atoms with Crippen molar-refractivity contribution in [1.29, 1.82) is 0 Å². The van der Waals surface area contributed by atoms with E-state index in [0.717, 1.165) is 0 Å². The molecule has 0 saturated carbocycles. The second-order valence-corrected chi connectivity index (χ2v) is 7.18. The molecule has 0 amide bonds. The van der Waals surface area contributed by atoms with Gasteiger partial charge in [-0.25, -0.2) is 18.5 Å². The molecule has 2 rings (SSSR count). The second-order valence-electron chi connectivity index (χ2n) is 4.02. The molecule has 1 aromatic heterocycles. The summed E-state index contributed by atoms with van der Waals surface area (Å²) in [6, 6.07) is 5.45. The van der Waals surface area contributed by atoms with Crippen LogP contribution in [0, 0.1) is 0 Å². The number of nitrogens with two attached hydrogens (primary N) is 1. The summed E-state index contributed by atoms with van der Waals surface area (Å²) >= 11 is 0. The predicted octanol–water partition coefficient (Wildman–Crippen LogP) is -0.132. The van der Waals surface area contributed by atoms with E-state index in [4.69, 9.17) is 5.14 Å². The number of hydrogen-bond donors (Lipinski definition) is 2. The fraction of sp³-hybridized carbons (Fsp3) is 0.100. The summed E-state index contributed by atoms with van der Waals surface area (Å²) in [4.78, 5) is 3.40. The number of imidazole rings is 1. The van der Waals surface area contributed by atoms with E-state index in [1.54, 1.807) is 7.05 Å². The number of anilines is 1. The van der Waals surface area contributed by atoms with Crippen LogP contribution in [-0.2, 0) is 27.1 Å². The Labute approximate surface area is 116 Å². The molecule has 1 aromatic carbocycles. The van der Waals surface area contributed by atoms with E-state index in [-0.39, 0.29) is 15.6 Å². The minimum Gasteiger partial charge on any atom is -0.339 e. The molecule has 0 unspecified atom stereocenters. The maximum Gasteiger partial charge on any atom is 0.280 e. The minimum absolute atomic E-state index is 0.124. The van der Waals surface area contributed by atoms with E-state index >= 15 is 0 Å². The Balaban J connectivity index is 2.46. The first-order valence-electron chi connectivity index (χ1n) is 5.33. The Kier molecular flexibility index (Phi) is 3.54. The number of hydrogen-bond acceptors (Lipinski definition) is 5. The molecule has 0 aliphatic rings. The third-order valence-electron chi connectivity index (χ3n) is 2.39. The molecule has 0 atom stereocenters. The van der Waals surface area contributed by atoms with Gasteiger partial charge in [0, 0.05) is 13.2 Å². The van der Waals surface area contributed by atoms with Crippen LogP contribution in [-0.4, -0.2) is 26.4 Å². The Morgan fingerprint density at radius 1 is 1.20 bits per heavy atom. The summed E-state index contributed by atoms with van der Waals surface area (Å²) in [6.45, 7) is 0. The average molecular weight is 316 g/mol. The Morgan fingerprint density at radius 2 is 1.85 bits per heavy atom. The van der Waals surface area contributed by atoms with Crippen molar-refractivity contribution in [3.8, 4) is 0 Å². The number of aromatic nitrogens is 2. The summed E-state index contributed by atoms with van der Waals surface area (Å²) in [5, 5.41) is 4.82. The molecule has 1 heterocycles.